The van der Waals surface area contributed by atoms with Crippen LogP contribution in [0.3, 0.4) is 0 Å². The van der Waals surface area contributed by atoms with Crippen molar-refractivity contribution in [3.63, 3.8) is 0 Å². The number of ketones is 1. The van der Waals surface area contributed by atoms with Crippen molar-refractivity contribution in [3.05, 3.63) is 22.8 Å². The monoisotopic (exact) mass is 666 g/mol. The van der Waals surface area contributed by atoms with Crippen LogP contribution in [0.25, 0.3) is 0 Å². The Morgan fingerprint density at radius 2 is 1.68 bits per heavy atom. The first-order chi connectivity index (χ1) is 21.8. The molecule has 0 aromatic rings. The summed E-state index contributed by atoms with van der Waals surface area (Å²) in [6.45, 7) is 7.65. The van der Waals surface area contributed by atoms with E-state index in [2.05, 4.69) is 0 Å². The van der Waals surface area contributed by atoms with E-state index in [1.165, 1.54) is 6.92 Å². The van der Waals surface area contributed by atoms with E-state index in [9.17, 15) is 50.4 Å². The van der Waals surface area contributed by atoms with Gasteiger partial charge in [0.05, 0.1) is 29.8 Å². The van der Waals surface area contributed by atoms with Gasteiger partial charge in [0.1, 0.15) is 47.5 Å². The molecule has 3 saturated carbocycles. The fraction of sp³-hybridized carbons (Fsp3) is 0.824. The summed E-state index contributed by atoms with van der Waals surface area (Å²) in [4.78, 5) is 26.7. The number of aliphatic hydroxyl groups excluding tert-OH is 5. The molecular weight excluding hydrogens is 616 g/mol. The average Bonchev–Trinajstić information content (AvgIpc) is 3.18. The quantitative estimate of drug-likeness (QED) is 0.138. The third kappa shape index (κ3) is 4.58. The molecule has 4 aliphatic carbocycles. The maximum atomic E-state index is 14.1. The molecule has 0 bridgehead atoms. The van der Waals surface area contributed by atoms with E-state index in [4.69, 9.17) is 14.2 Å². The highest BCUT2D eigenvalue weighted by atomic mass is 16.7. The van der Waals surface area contributed by atoms with E-state index in [1.807, 2.05) is 13.0 Å². The second-order valence-electron chi connectivity index (χ2n) is 15.6. The van der Waals surface area contributed by atoms with Crippen molar-refractivity contribution in [1.29, 1.82) is 0 Å². The Kier molecular flexibility index (Phi) is 8.48. The van der Waals surface area contributed by atoms with Gasteiger partial charge in [0.15, 0.2) is 6.29 Å². The number of hydrogen-bond acceptors (Lipinski definition) is 13. The topological polar surface area (TPSA) is 224 Å². The Balaban J connectivity index is 1.27. The van der Waals surface area contributed by atoms with Crippen LogP contribution >= 0.6 is 0 Å². The second-order valence-corrected chi connectivity index (χ2v) is 15.6. The summed E-state index contributed by atoms with van der Waals surface area (Å²) in [5, 5.41) is 89.1. The molecule has 15 atom stereocenters. The smallest absolute Gasteiger partial charge is 0.334 e. The largest absolute Gasteiger partial charge is 0.455 e. The van der Waals surface area contributed by atoms with Crippen LogP contribution in [-0.2, 0) is 23.8 Å². The van der Waals surface area contributed by atoms with Crippen molar-refractivity contribution >= 4 is 11.8 Å². The average molecular weight is 667 g/mol. The Bertz CT molecular complexity index is 1370. The molecule has 264 valence electrons. The van der Waals surface area contributed by atoms with Gasteiger partial charge in [-0.2, -0.15) is 0 Å². The fourth-order valence-corrected chi connectivity index (χ4v) is 10.3. The number of ether oxygens (including phenoxy) is 3. The molecule has 4 fully saturated rings. The van der Waals surface area contributed by atoms with Gasteiger partial charge in [-0.05, 0) is 65.2 Å². The fourth-order valence-electron chi connectivity index (χ4n) is 10.3. The number of esters is 1. The Morgan fingerprint density at radius 3 is 2.32 bits per heavy atom. The second kappa shape index (κ2) is 11.4. The summed E-state index contributed by atoms with van der Waals surface area (Å²) in [7, 11) is 0. The van der Waals surface area contributed by atoms with Crippen molar-refractivity contribution in [2.75, 3.05) is 6.61 Å². The van der Waals surface area contributed by atoms with Crippen LogP contribution in [0, 0.1) is 22.7 Å². The number of carbonyl (C=O) groups excluding carboxylic acids is 2. The van der Waals surface area contributed by atoms with Crippen LogP contribution in [0.15, 0.2) is 22.8 Å². The molecule has 0 spiro atoms. The van der Waals surface area contributed by atoms with Crippen LogP contribution in [0.2, 0.25) is 0 Å². The standard InChI is InChI=1S/C34H50O13/c1-15-10-24(47-28(41)16(15)2)32(5,42)34(44)23(37)13-33(43)20-7-6-17-11-18(45-29-27(40)26(39)25(38)21(14-35)46-29)12-22(36)31(17,4)19(20)8-9-30(33,34)3/h6,18-21,23-27,29,35,37-40,42-44H,7-14H2,1-5H3. The van der Waals surface area contributed by atoms with Gasteiger partial charge in [-0.25, -0.2) is 4.79 Å². The first kappa shape index (κ1) is 35.1. The minimum Gasteiger partial charge on any atom is -0.455 e. The highest BCUT2D eigenvalue weighted by Gasteiger charge is 2.79. The van der Waals surface area contributed by atoms with Crippen molar-refractivity contribution in [1.82, 2.24) is 0 Å². The van der Waals surface area contributed by atoms with Crippen LogP contribution in [0.5, 0.6) is 0 Å². The number of aliphatic hydroxyl groups is 8. The van der Waals surface area contributed by atoms with Crippen molar-refractivity contribution in [2.24, 2.45) is 22.7 Å². The highest BCUT2D eigenvalue weighted by molar-refractivity contribution is 5.90. The number of Topliss-reactive ketones (excluding diaryl/α,β-unsaturated/α-hetero) is 1. The molecule has 0 aromatic heterocycles. The molecule has 13 nitrogen and oxygen atoms in total. The lowest BCUT2D eigenvalue weighted by molar-refractivity contribution is -0.312. The zero-order valence-corrected chi connectivity index (χ0v) is 27.6. The molecule has 15 unspecified atom stereocenters. The summed E-state index contributed by atoms with van der Waals surface area (Å²) in [6.07, 6.45) is -7.76. The van der Waals surface area contributed by atoms with E-state index in [1.54, 1.807) is 20.8 Å². The maximum Gasteiger partial charge on any atom is 0.334 e. The summed E-state index contributed by atoms with van der Waals surface area (Å²) in [5.74, 6) is -1.68. The maximum absolute atomic E-state index is 14.1. The van der Waals surface area contributed by atoms with E-state index in [0.29, 0.717) is 30.4 Å². The molecule has 0 radical (unpaired) electrons. The number of rotatable bonds is 5. The van der Waals surface area contributed by atoms with Crippen LogP contribution in [0.1, 0.15) is 79.6 Å². The number of allylic oxidation sites excluding steroid dienone is 1. The predicted molar refractivity (Wildman–Crippen MR) is 162 cm³/mol. The lowest BCUT2D eigenvalue weighted by atomic mass is 9.44. The lowest BCUT2D eigenvalue weighted by Gasteiger charge is -2.63. The number of fused-ring (bicyclic) bond motifs is 5. The van der Waals surface area contributed by atoms with Gasteiger partial charge in [-0.3, -0.25) is 4.79 Å². The molecule has 2 aliphatic heterocycles. The zero-order chi connectivity index (χ0) is 34.6. The van der Waals surface area contributed by atoms with Gasteiger partial charge in [0, 0.05) is 30.3 Å². The summed E-state index contributed by atoms with van der Waals surface area (Å²) in [5.41, 5.74) is -6.60. The van der Waals surface area contributed by atoms with Crippen LogP contribution in [0.4, 0.5) is 0 Å². The number of hydrogen-bond donors (Lipinski definition) is 8. The molecule has 0 amide bonds. The van der Waals surface area contributed by atoms with Gasteiger partial charge in [-0.1, -0.05) is 24.1 Å². The van der Waals surface area contributed by atoms with E-state index in [0.717, 1.165) is 5.57 Å². The molecule has 6 rings (SSSR count). The van der Waals surface area contributed by atoms with Crippen LogP contribution in [-0.4, -0.2) is 125 Å². The van der Waals surface area contributed by atoms with Crippen molar-refractivity contribution < 1.29 is 64.7 Å². The summed E-state index contributed by atoms with van der Waals surface area (Å²) >= 11 is 0. The molecule has 8 N–H and O–H groups in total. The molecular formula is C34H50O13. The SMILES string of the molecule is CC1=C(C)C(=O)OC(C(C)(O)C2(O)C(O)CC3(O)C4CC=C5CC(OC6OC(CO)C(O)C(O)C6O)CC(=O)C5(C)C4CCC32C)C1. The third-order valence-electron chi connectivity index (χ3n) is 13.6. The Hall–Kier alpha value is -1.78. The van der Waals surface area contributed by atoms with Gasteiger partial charge in [0.2, 0.25) is 0 Å². The first-order valence-electron chi connectivity index (χ1n) is 16.7. The molecule has 1 saturated heterocycles. The lowest BCUT2D eigenvalue weighted by Crippen LogP contribution is -2.74. The predicted octanol–water partition coefficient (Wildman–Crippen LogP) is -0.467. The van der Waals surface area contributed by atoms with Crippen molar-refractivity contribution in [3.8, 4) is 0 Å². The molecule has 6 aliphatic rings. The van der Waals surface area contributed by atoms with E-state index < -0.39 is 95.1 Å². The van der Waals surface area contributed by atoms with Crippen molar-refractivity contribution in [2.45, 2.75) is 145 Å². The highest BCUT2D eigenvalue weighted by Crippen LogP contribution is 2.70. The summed E-state index contributed by atoms with van der Waals surface area (Å²) in [6, 6.07) is 0. The normalized spacial score (nSPS) is 51.4. The Labute approximate surface area is 273 Å². The minimum atomic E-state index is -2.26. The van der Waals surface area contributed by atoms with Gasteiger partial charge in [0.25, 0.3) is 0 Å². The van der Waals surface area contributed by atoms with Gasteiger partial charge >= 0.3 is 5.97 Å². The zero-order valence-electron chi connectivity index (χ0n) is 27.6. The first-order valence-corrected chi connectivity index (χ1v) is 16.7. The van der Waals surface area contributed by atoms with Crippen LogP contribution < -0.4 is 0 Å². The molecule has 47 heavy (non-hydrogen) atoms. The van der Waals surface area contributed by atoms with Gasteiger partial charge < -0.3 is 55.1 Å². The number of cyclic esters (lactones) is 1. The summed E-state index contributed by atoms with van der Waals surface area (Å²) < 4.78 is 17.1. The molecule has 13 heteroatoms. The minimum absolute atomic E-state index is 0.0532. The van der Waals surface area contributed by atoms with E-state index >= 15 is 0 Å². The number of carbonyl (C=O) groups is 2. The third-order valence-corrected chi connectivity index (χ3v) is 13.6. The Morgan fingerprint density at radius 1 is 1.00 bits per heavy atom. The van der Waals surface area contributed by atoms with E-state index in [-0.39, 0.29) is 37.4 Å². The molecule has 0 aromatic carbocycles. The molecule has 2 heterocycles. The van der Waals surface area contributed by atoms with Gasteiger partial charge in [-0.15, -0.1) is 0 Å².